The van der Waals surface area contributed by atoms with Gasteiger partial charge in [0.15, 0.2) is 0 Å². The normalized spacial score (nSPS) is 20.4. The van der Waals surface area contributed by atoms with Crippen LogP contribution in [0.2, 0.25) is 0 Å². The molecule has 2 N–H and O–H groups in total. The number of rotatable bonds is 3. The number of nitrogens with zero attached hydrogens (tertiary/aromatic N) is 3. The summed E-state index contributed by atoms with van der Waals surface area (Å²) in [5, 5.41) is 0. The molecule has 0 radical (unpaired) electrons. The van der Waals surface area contributed by atoms with Crippen molar-refractivity contribution in [2.24, 2.45) is 5.73 Å². The smallest absolute Gasteiger partial charge is 0.139 e. The van der Waals surface area contributed by atoms with Gasteiger partial charge in [0.1, 0.15) is 10.8 Å². The number of hydrogen-bond donors (Lipinski definition) is 1. The molecule has 1 aromatic rings. The highest BCUT2D eigenvalue weighted by Crippen LogP contribution is 2.27. The van der Waals surface area contributed by atoms with Crippen LogP contribution in [0.4, 0.5) is 5.82 Å². The Bertz CT molecular complexity index is 529. The number of hydrogen-bond acceptors (Lipinski definition) is 4. The zero-order chi connectivity index (χ0) is 15.6. The average Bonchev–Trinajstić information content (AvgIpc) is 2.58. The molecule has 116 valence electrons. The lowest BCUT2D eigenvalue weighted by molar-refractivity contribution is 0.327. The molecule has 0 saturated carbocycles. The minimum atomic E-state index is 0.447. The second kappa shape index (κ2) is 6.71. The summed E-state index contributed by atoms with van der Waals surface area (Å²) in [6, 6.07) is 2.52. The predicted molar refractivity (Wildman–Crippen MR) is 93.1 cm³/mol. The van der Waals surface area contributed by atoms with Crippen molar-refractivity contribution in [3.63, 3.8) is 0 Å². The van der Waals surface area contributed by atoms with Crippen molar-refractivity contribution in [2.45, 2.75) is 39.7 Å². The molecular formula is C16H26N4S. The van der Waals surface area contributed by atoms with Crippen molar-refractivity contribution < 1.29 is 0 Å². The Kier molecular flexibility index (Phi) is 5.17. The number of pyridine rings is 1. The molecule has 0 aromatic carbocycles. The van der Waals surface area contributed by atoms with Crippen molar-refractivity contribution in [3.05, 3.63) is 22.9 Å². The summed E-state index contributed by atoms with van der Waals surface area (Å²) in [6.07, 6.45) is 2.23. The van der Waals surface area contributed by atoms with E-state index in [1.165, 1.54) is 0 Å². The maximum atomic E-state index is 5.98. The zero-order valence-electron chi connectivity index (χ0n) is 13.5. The molecule has 0 amide bonds. The fraction of sp³-hybridized carbons (Fsp3) is 0.625. The number of thiocarbonyl (C=S) groups is 1. The van der Waals surface area contributed by atoms with E-state index in [-0.39, 0.29) is 0 Å². The lowest BCUT2D eigenvalue weighted by atomic mass is 10.1. The minimum Gasteiger partial charge on any atom is -0.389 e. The summed E-state index contributed by atoms with van der Waals surface area (Å²) in [6.45, 7) is 9.53. The summed E-state index contributed by atoms with van der Waals surface area (Å²) in [5.41, 5.74) is 9.07. The molecule has 0 aliphatic carbocycles. The third-order valence-electron chi connectivity index (χ3n) is 4.22. The fourth-order valence-corrected chi connectivity index (χ4v) is 3.45. The van der Waals surface area contributed by atoms with Gasteiger partial charge in [-0.15, -0.1) is 0 Å². The van der Waals surface area contributed by atoms with E-state index in [1.54, 1.807) is 0 Å². The summed E-state index contributed by atoms with van der Waals surface area (Å²) in [4.78, 5) is 10.0. The van der Waals surface area contributed by atoms with E-state index in [4.69, 9.17) is 22.9 Å². The van der Waals surface area contributed by atoms with Crippen LogP contribution in [0.25, 0.3) is 0 Å². The van der Waals surface area contributed by atoms with E-state index in [2.05, 4.69) is 36.8 Å². The topological polar surface area (TPSA) is 45.4 Å². The molecule has 1 unspecified atom stereocenters. The average molecular weight is 306 g/mol. The summed E-state index contributed by atoms with van der Waals surface area (Å²) in [5.74, 6) is 0.974. The van der Waals surface area contributed by atoms with E-state index >= 15 is 0 Å². The number of anilines is 1. The Balaban J connectivity index is 2.50. The molecule has 5 heteroatoms. The molecule has 2 rings (SSSR count). The first kappa shape index (κ1) is 16.2. The number of likely N-dealkylation sites (N-methyl/N-ethyl adjacent to an activating group) is 1. The zero-order valence-corrected chi connectivity index (χ0v) is 14.3. The second-order valence-electron chi connectivity index (χ2n) is 6.01. The van der Waals surface area contributed by atoms with Crippen LogP contribution in [0.1, 0.15) is 36.6 Å². The SMILES string of the molecule is CCC1CN(C)CCCN1c1nc(C)cc(C)c1C(N)=S. The highest BCUT2D eigenvalue weighted by Gasteiger charge is 2.26. The lowest BCUT2D eigenvalue weighted by Gasteiger charge is -2.33. The molecule has 0 spiro atoms. The fourth-order valence-electron chi connectivity index (χ4n) is 3.20. The molecule has 21 heavy (non-hydrogen) atoms. The van der Waals surface area contributed by atoms with Crippen molar-refractivity contribution in [1.82, 2.24) is 9.88 Å². The minimum absolute atomic E-state index is 0.447. The van der Waals surface area contributed by atoms with Gasteiger partial charge < -0.3 is 15.5 Å². The Morgan fingerprint density at radius 1 is 1.43 bits per heavy atom. The van der Waals surface area contributed by atoms with Gasteiger partial charge in [-0.25, -0.2) is 4.98 Å². The van der Waals surface area contributed by atoms with Gasteiger partial charge in [-0.2, -0.15) is 0 Å². The lowest BCUT2D eigenvalue weighted by Crippen LogP contribution is -2.41. The quantitative estimate of drug-likeness (QED) is 0.868. The van der Waals surface area contributed by atoms with Crippen molar-refractivity contribution in [3.8, 4) is 0 Å². The third kappa shape index (κ3) is 3.52. The largest absolute Gasteiger partial charge is 0.389 e. The number of nitrogens with two attached hydrogens (primary N) is 1. The monoisotopic (exact) mass is 306 g/mol. The van der Waals surface area contributed by atoms with E-state index in [1.807, 2.05) is 6.92 Å². The Morgan fingerprint density at radius 3 is 2.76 bits per heavy atom. The first-order valence-electron chi connectivity index (χ1n) is 7.67. The van der Waals surface area contributed by atoms with E-state index in [9.17, 15) is 0 Å². The highest BCUT2D eigenvalue weighted by molar-refractivity contribution is 7.80. The van der Waals surface area contributed by atoms with E-state index in [0.717, 1.165) is 55.1 Å². The molecule has 2 heterocycles. The van der Waals surface area contributed by atoms with Crippen LogP contribution in [0.5, 0.6) is 0 Å². The molecule has 1 aliphatic rings. The molecular weight excluding hydrogens is 280 g/mol. The molecule has 1 fully saturated rings. The predicted octanol–water partition coefficient (Wildman–Crippen LogP) is 2.25. The molecule has 1 aromatic heterocycles. The molecule has 4 nitrogen and oxygen atoms in total. The standard InChI is InChI=1S/C16H26N4S/c1-5-13-10-19(4)7-6-8-20(13)16-14(15(17)21)11(2)9-12(3)18-16/h9,13H,5-8,10H2,1-4H3,(H2,17,21). The van der Waals surface area contributed by atoms with E-state index < -0.39 is 0 Å². The van der Waals surface area contributed by atoms with Gasteiger partial charge in [0.25, 0.3) is 0 Å². The van der Waals surface area contributed by atoms with Crippen LogP contribution in [-0.2, 0) is 0 Å². The number of aromatic nitrogens is 1. The van der Waals surface area contributed by atoms with Crippen LogP contribution in [0.3, 0.4) is 0 Å². The molecule has 0 bridgehead atoms. The Morgan fingerprint density at radius 2 is 2.14 bits per heavy atom. The molecule has 1 saturated heterocycles. The van der Waals surface area contributed by atoms with Gasteiger partial charge in [0.05, 0.1) is 5.56 Å². The van der Waals surface area contributed by atoms with Crippen molar-refractivity contribution in [1.29, 1.82) is 0 Å². The Labute approximate surface area is 133 Å². The van der Waals surface area contributed by atoms with Gasteiger partial charge in [-0.1, -0.05) is 19.1 Å². The molecule has 1 atom stereocenters. The summed E-state index contributed by atoms with van der Waals surface area (Å²) in [7, 11) is 2.19. The van der Waals surface area contributed by atoms with Crippen LogP contribution in [0.15, 0.2) is 6.07 Å². The van der Waals surface area contributed by atoms with Gasteiger partial charge in [-0.3, -0.25) is 0 Å². The van der Waals surface area contributed by atoms with Crippen molar-refractivity contribution >= 4 is 23.0 Å². The summed E-state index contributed by atoms with van der Waals surface area (Å²) >= 11 is 5.28. The molecule has 1 aliphatic heterocycles. The third-order valence-corrected chi connectivity index (χ3v) is 4.42. The van der Waals surface area contributed by atoms with Gasteiger partial charge in [0.2, 0.25) is 0 Å². The van der Waals surface area contributed by atoms with E-state index in [0.29, 0.717) is 11.0 Å². The Hall–Kier alpha value is -1.20. The van der Waals surface area contributed by atoms with Crippen LogP contribution >= 0.6 is 12.2 Å². The van der Waals surface area contributed by atoms with Gasteiger partial charge in [0, 0.05) is 24.8 Å². The van der Waals surface area contributed by atoms with Crippen LogP contribution in [-0.4, -0.2) is 47.6 Å². The van der Waals surface area contributed by atoms with Crippen LogP contribution in [0, 0.1) is 13.8 Å². The highest BCUT2D eigenvalue weighted by atomic mass is 32.1. The van der Waals surface area contributed by atoms with Gasteiger partial charge in [-0.05, 0) is 51.9 Å². The maximum Gasteiger partial charge on any atom is 0.139 e. The van der Waals surface area contributed by atoms with Crippen LogP contribution < -0.4 is 10.6 Å². The summed E-state index contributed by atoms with van der Waals surface area (Å²) < 4.78 is 0. The van der Waals surface area contributed by atoms with Gasteiger partial charge >= 0.3 is 0 Å². The first-order valence-corrected chi connectivity index (χ1v) is 8.08. The maximum absolute atomic E-state index is 5.98. The van der Waals surface area contributed by atoms with Crippen molar-refractivity contribution in [2.75, 3.05) is 31.6 Å². The number of aryl methyl sites for hydroxylation is 2. The second-order valence-corrected chi connectivity index (χ2v) is 6.45. The first-order chi connectivity index (χ1) is 9.93.